The molecule has 152 valence electrons. The van der Waals surface area contributed by atoms with Gasteiger partial charge in [-0.15, -0.1) is 0 Å². The summed E-state index contributed by atoms with van der Waals surface area (Å²) >= 11 is 0. The van der Waals surface area contributed by atoms with Gasteiger partial charge in [-0.3, -0.25) is 0 Å². The standard InChI is InChI=1S/C19H28F3N3O2/c1-3-23-18(25-8-7-16(13-25)14-27-10-9-26-2)24-12-15-5-4-6-17(11-15)19(20,21)22/h4-6,11,16H,3,7-10,12-14H2,1-2H3,(H,23,24). The minimum Gasteiger partial charge on any atom is -0.382 e. The summed E-state index contributed by atoms with van der Waals surface area (Å²) in [5, 5.41) is 3.23. The number of nitrogens with zero attached hydrogens (tertiary/aromatic N) is 2. The van der Waals surface area contributed by atoms with Crippen LogP contribution >= 0.6 is 0 Å². The molecule has 2 rings (SSSR count). The van der Waals surface area contributed by atoms with Crippen LogP contribution in [0.2, 0.25) is 0 Å². The number of methoxy groups -OCH3 is 1. The van der Waals surface area contributed by atoms with Crippen LogP contribution in [0.5, 0.6) is 0 Å². The molecule has 1 N–H and O–H groups in total. The fraction of sp³-hybridized carbons (Fsp3) is 0.632. The van der Waals surface area contributed by atoms with Crippen LogP contribution < -0.4 is 5.32 Å². The Balaban J connectivity index is 1.95. The molecule has 0 saturated carbocycles. The Labute approximate surface area is 158 Å². The number of benzene rings is 1. The van der Waals surface area contributed by atoms with Crippen molar-refractivity contribution in [2.45, 2.75) is 26.1 Å². The molecule has 1 aliphatic rings. The van der Waals surface area contributed by atoms with E-state index in [2.05, 4.69) is 15.2 Å². The van der Waals surface area contributed by atoms with Crippen molar-refractivity contribution in [1.29, 1.82) is 0 Å². The topological polar surface area (TPSA) is 46.1 Å². The van der Waals surface area contributed by atoms with Gasteiger partial charge in [0.15, 0.2) is 5.96 Å². The number of hydrogen-bond donors (Lipinski definition) is 1. The number of nitrogens with one attached hydrogen (secondary N) is 1. The molecule has 1 aromatic carbocycles. The van der Waals surface area contributed by atoms with Crippen molar-refractivity contribution in [3.05, 3.63) is 35.4 Å². The van der Waals surface area contributed by atoms with Gasteiger partial charge in [0.1, 0.15) is 0 Å². The molecule has 1 aliphatic heterocycles. The normalized spacial score (nSPS) is 18.2. The van der Waals surface area contributed by atoms with Crippen LogP contribution in [0.15, 0.2) is 29.3 Å². The number of aliphatic imine (C=N–C) groups is 1. The number of ether oxygens (including phenoxy) is 2. The lowest BCUT2D eigenvalue weighted by Crippen LogP contribution is -2.40. The van der Waals surface area contributed by atoms with Crippen LogP contribution in [0.4, 0.5) is 13.2 Å². The van der Waals surface area contributed by atoms with E-state index in [4.69, 9.17) is 9.47 Å². The molecule has 0 bridgehead atoms. The van der Waals surface area contributed by atoms with Gasteiger partial charge in [0.25, 0.3) is 0 Å². The second-order valence-corrected chi connectivity index (χ2v) is 6.54. The van der Waals surface area contributed by atoms with Gasteiger partial charge < -0.3 is 19.7 Å². The number of likely N-dealkylation sites (tertiary alicyclic amines) is 1. The number of guanidine groups is 1. The zero-order valence-electron chi connectivity index (χ0n) is 15.9. The van der Waals surface area contributed by atoms with Crippen LogP contribution in [0.25, 0.3) is 0 Å². The van der Waals surface area contributed by atoms with Crippen LogP contribution in [0.3, 0.4) is 0 Å². The number of halogens is 3. The van der Waals surface area contributed by atoms with Crippen LogP contribution in [0, 0.1) is 5.92 Å². The van der Waals surface area contributed by atoms with Gasteiger partial charge >= 0.3 is 6.18 Å². The summed E-state index contributed by atoms with van der Waals surface area (Å²) in [4.78, 5) is 6.68. The monoisotopic (exact) mass is 387 g/mol. The summed E-state index contributed by atoms with van der Waals surface area (Å²) in [5.41, 5.74) is -0.103. The molecule has 5 nitrogen and oxygen atoms in total. The quantitative estimate of drug-likeness (QED) is 0.423. The third kappa shape index (κ3) is 7.03. The summed E-state index contributed by atoms with van der Waals surface area (Å²) in [6.07, 6.45) is -3.34. The van der Waals surface area contributed by atoms with Crippen molar-refractivity contribution >= 4 is 5.96 Å². The highest BCUT2D eigenvalue weighted by Gasteiger charge is 2.30. The molecule has 0 spiro atoms. The molecule has 0 radical (unpaired) electrons. The van der Waals surface area contributed by atoms with Gasteiger partial charge in [-0.05, 0) is 31.0 Å². The van der Waals surface area contributed by atoms with Crippen molar-refractivity contribution in [2.24, 2.45) is 10.9 Å². The predicted octanol–water partition coefficient (Wildman–Crippen LogP) is 3.16. The largest absolute Gasteiger partial charge is 0.416 e. The minimum atomic E-state index is -4.34. The summed E-state index contributed by atoms with van der Waals surface area (Å²) in [6.45, 7) is 6.39. The zero-order valence-corrected chi connectivity index (χ0v) is 15.9. The first-order valence-corrected chi connectivity index (χ1v) is 9.20. The Kier molecular flexibility index (Phi) is 8.37. The van der Waals surface area contributed by atoms with Crippen molar-refractivity contribution in [3.8, 4) is 0 Å². The third-order valence-corrected chi connectivity index (χ3v) is 4.37. The molecular formula is C19H28F3N3O2. The lowest BCUT2D eigenvalue weighted by Gasteiger charge is -2.21. The van der Waals surface area contributed by atoms with E-state index < -0.39 is 11.7 Å². The van der Waals surface area contributed by atoms with E-state index >= 15 is 0 Å². The van der Waals surface area contributed by atoms with E-state index in [0.717, 1.165) is 37.6 Å². The second-order valence-electron chi connectivity index (χ2n) is 6.54. The number of hydrogen-bond acceptors (Lipinski definition) is 3. The Morgan fingerprint density at radius 1 is 1.33 bits per heavy atom. The van der Waals surface area contributed by atoms with E-state index in [-0.39, 0.29) is 6.54 Å². The Hall–Kier alpha value is -1.80. The average molecular weight is 387 g/mol. The Bertz CT molecular complexity index is 608. The van der Waals surface area contributed by atoms with E-state index in [1.165, 1.54) is 6.07 Å². The third-order valence-electron chi connectivity index (χ3n) is 4.37. The van der Waals surface area contributed by atoms with E-state index in [9.17, 15) is 13.2 Å². The number of rotatable bonds is 8. The zero-order chi connectivity index (χ0) is 19.7. The highest BCUT2D eigenvalue weighted by molar-refractivity contribution is 5.80. The molecule has 1 aromatic rings. The maximum atomic E-state index is 12.9. The van der Waals surface area contributed by atoms with Crippen molar-refractivity contribution in [3.63, 3.8) is 0 Å². The number of alkyl halides is 3. The highest BCUT2D eigenvalue weighted by Crippen LogP contribution is 2.29. The molecule has 1 unspecified atom stereocenters. The minimum absolute atomic E-state index is 0.206. The van der Waals surface area contributed by atoms with Crippen LogP contribution in [-0.2, 0) is 22.2 Å². The Morgan fingerprint density at radius 2 is 2.15 bits per heavy atom. The fourth-order valence-corrected chi connectivity index (χ4v) is 2.99. The molecule has 1 saturated heterocycles. The first-order valence-electron chi connectivity index (χ1n) is 9.20. The summed E-state index contributed by atoms with van der Waals surface area (Å²) < 4.78 is 49.1. The van der Waals surface area contributed by atoms with Crippen molar-refractivity contribution in [2.75, 3.05) is 46.6 Å². The second kappa shape index (κ2) is 10.5. The molecule has 1 atom stereocenters. The Morgan fingerprint density at radius 3 is 2.85 bits per heavy atom. The highest BCUT2D eigenvalue weighted by atomic mass is 19.4. The van der Waals surface area contributed by atoms with Gasteiger partial charge in [-0.25, -0.2) is 4.99 Å². The lowest BCUT2D eigenvalue weighted by molar-refractivity contribution is -0.137. The van der Waals surface area contributed by atoms with Crippen LogP contribution in [-0.4, -0.2) is 57.4 Å². The lowest BCUT2D eigenvalue weighted by atomic mass is 10.1. The van der Waals surface area contributed by atoms with E-state index in [0.29, 0.717) is 37.8 Å². The molecule has 1 heterocycles. The first-order chi connectivity index (χ1) is 12.9. The molecule has 0 amide bonds. The molecule has 8 heteroatoms. The van der Waals surface area contributed by atoms with Crippen molar-refractivity contribution in [1.82, 2.24) is 10.2 Å². The van der Waals surface area contributed by atoms with Crippen LogP contribution in [0.1, 0.15) is 24.5 Å². The molecule has 27 heavy (non-hydrogen) atoms. The predicted molar refractivity (Wildman–Crippen MR) is 98.6 cm³/mol. The smallest absolute Gasteiger partial charge is 0.382 e. The van der Waals surface area contributed by atoms with E-state index in [1.807, 2.05) is 6.92 Å². The molecule has 1 fully saturated rings. The molecule has 0 aromatic heterocycles. The molecule has 0 aliphatic carbocycles. The van der Waals surface area contributed by atoms with Gasteiger partial charge in [-0.1, -0.05) is 12.1 Å². The first kappa shape index (κ1) is 21.5. The maximum absolute atomic E-state index is 12.9. The summed E-state index contributed by atoms with van der Waals surface area (Å²) in [6, 6.07) is 5.32. The summed E-state index contributed by atoms with van der Waals surface area (Å²) in [5.74, 6) is 1.15. The maximum Gasteiger partial charge on any atom is 0.416 e. The van der Waals surface area contributed by atoms with E-state index in [1.54, 1.807) is 13.2 Å². The van der Waals surface area contributed by atoms with Gasteiger partial charge in [0, 0.05) is 32.7 Å². The van der Waals surface area contributed by atoms with Crippen molar-refractivity contribution < 1.29 is 22.6 Å². The van der Waals surface area contributed by atoms with Gasteiger partial charge in [-0.2, -0.15) is 13.2 Å². The molecular weight excluding hydrogens is 359 g/mol. The average Bonchev–Trinajstić information content (AvgIpc) is 3.10. The SMILES string of the molecule is CCNC(=NCc1cccc(C(F)(F)F)c1)N1CCC(COCCOC)C1. The van der Waals surface area contributed by atoms with Gasteiger partial charge in [0.05, 0.1) is 31.9 Å². The van der Waals surface area contributed by atoms with Gasteiger partial charge in [0.2, 0.25) is 0 Å². The fourth-order valence-electron chi connectivity index (χ4n) is 2.99. The summed E-state index contributed by atoms with van der Waals surface area (Å²) in [7, 11) is 1.64.